The zero-order valence-corrected chi connectivity index (χ0v) is 11.2. The van der Waals surface area contributed by atoms with E-state index >= 15 is 0 Å². The Bertz CT molecular complexity index is 618. The normalized spacial score (nSPS) is 10.6. The first-order chi connectivity index (χ1) is 9.52. The van der Waals surface area contributed by atoms with Crippen molar-refractivity contribution in [2.45, 2.75) is 12.8 Å². The van der Waals surface area contributed by atoms with Gasteiger partial charge in [-0.15, -0.1) is 0 Å². The van der Waals surface area contributed by atoms with E-state index < -0.39 is 11.6 Å². The molecule has 6 heteroatoms. The van der Waals surface area contributed by atoms with Gasteiger partial charge in [-0.25, -0.2) is 8.78 Å². The molecular weight excluding hydrogens is 266 g/mol. The highest BCUT2D eigenvalue weighted by Crippen LogP contribution is 2.26. The van der Waals surface area contributed by atoms with Crippen molar-refractivity contribution < 1.29 is 18.3 Å². The van der Waals surface area contributed by atoms with Gasteiger partial charge in [0.25, 0.3) is 0 Å². The molecule has 0 N–H and O–H groups in total. The molecular formula is C14H14F2N2O2. The van der Waals surface area contributed by atoms with Gasteiger partial charge in [0.2, 0.25) is 0 Å². The predicted octanol–water partition coefficient (Wildman–Crippen LogP) is 2.47. The van der Waals surface area contributed by atoms with Crippen LogP contribution in [0.5, 0.6) is 0 Å². The lowest BCUT2D eigenvalue weighted by atomic mass is 10.1. The number of benzene rings is 1. The van der Waals surface area contributed by atoms with Crippen LogP contribution in [-0.2, 0) is 23.0 Å². The van der Waals surface area contributed by atoms with E-state index in [9.17, 15) is 13.6 Å². The Labute approximate surface area is 115 Å². The smallest absolute Gasteiger partial charge is 0.305 e. The van der Waals surface area contributed by atoms with E-state index in [0.29, 0.717) is 17.8 Å². The second-order valence-corrected chi connectivity index (χ2v) is 4.32. The van der Waals surface area contributed by atoms with E-state index in [1.54, 1.807) is 13.1 Å². The number of halogens is 2. The van der Waals surface area contributed by atoms with Gasteiger partial charge >= 0.3 is 5.97 Å². The molecule has 0 saturated carbocycles. The van der Waals surface area contributed by atoms with Crippen LogP contribution in [-0.4, -0.2) is 22.9 Å². The zero-order valence-electron chi connectivity index (χ0n) is 11.2. The van der Waals surface area contributed by atoms with Gasteiger partial charge in [0.05, 0.1) is 30.5 Å². The van der Waals surface area contributed by atoms with Crippen LogP contribution in [0.2, 0.25) is 0 Å². The van der Waals surface area contributed by atoms with Crippen LogP contribution in [0.1, 0.15) is 12.1 Å². The molecule has 0 bridgehead atoms. The van der Waals surface area contributed by atoms with Crippen LogP contribution in [0.4, 0.5) is 8.78 Å². The van der Waals surface area contributed by atoms with Crippen molar-refractivity contribution in [1.29, 1.82) is 0 Å². The van der Waals surface area contributed by atoms with Gasteiger partial charge in [0.1, 0.15) is 11.6 Å². The molecule has 2 aromatic rings. The summed E-state index contributed by atoms with van der Waals surface area (Å²) in [7, 11) is 2.91. The summed E-state index contributed by atoms with van der Waals surface area (Å²) < 4.78 is 33.4. The van der Waals surface area contributed by atoms with E-state index in [1.807, 2.05) is 0 Å². The monoisotopic (exact) mass is 280 g/mol. The molecule has 1 aromatic carbocycles. The number of methoxy groups -OCH3 is 1. The maximum Gasteiger partial charge on any atom is 0.305 e. The topological polar surface area (TPSA) is 44.1 Å². The molecule has 0 atom stereocenters. The molecule has 0 saturated heterocycles. The molecule has 0 amide bonds. The fraction of sp³-hybridized carbons (Fsp3) is 0.286. The SMILES string of the molecule is COC(=O)CCc1cc(-c2c(F)cccc2F)n(C)n1. The standard InChI is InChI=1S/C14H14F2N2O2/c1-18-12(14-10(15)4-3-5-11(14)16)8-9(17-18)6-7-13(19)20-2/h3-5,8H,6-7H2,1-2H3. The summed E-state index contributed by atoms with van der Waals surface area (Å²) in [6, 6.07) is 5.27. The maximum absolute atomic E-state index is 13.7. The van der Waals surface area contributed by atoms with E-state index in [4.69, 9.17) is 0 Å². The summed E-state index contributed by atoms with van der Waals surface area (Å²) in [6.45, 7) is 0. The van der Waals surface area contributed by atoms with Gasteiger partial charge in [-0.3, -0.25) is 9.48 Å². The largest absolute Gasteiger partial charge is 0.469 e. The first kappa shape index (κ1) is 14.2. The molecule has 0 fully saturated rings. The Morgan fingerprint density at radius 2 is 2.00 bits per heavy atom. The third kappa shape index (κ3) is 2.84. The van der Waals surface area contributed by atoms with Crippen LogP contribution in [0.15, 0.2) is 24.3 Å². The highest BCUT2D eigenvalue weighted by atomic mass is 19.1. The highest BCUT2D eigenvalue weighted by Gasteiger charge is 2.16. The first-order valence-corrected chi connectivity index (χ1v) is 6.07. The average Bonchev–Trinajstić information content (AvgIpc) is 2.77. The fourth-order valence-corrected chi connectivity index (χ4v) is 1.96. The number of hydrogen-bond donors (Lipinski definition) is 0. The fourth-order valence-electron chi connectivity index (χ4n) is 1.96. The molecule has 0 aliphatic carbocycles. The Hall–Kier alpha value is -2.24. The molecule has 0 radical (unpaired) electrons. The number of carbonyl (C=O) groups is 1. The van der Waals surface area contributed by atoms with Crippen molar-refractivity contribution in [2.24, 2.45) is 7.05 Å². The van der Waals surface area contributed by atoms with Crippen molar-refractivity contribution in [1.82, 2.24) is 9.78 Å². The van der Waals surface area contributed by atoms with E-state index in [0.717, 1.165) is 0 Å². The first-order valence-electron chi connectivity index (χ1n) is 6.07. The van der Waals surface area contributed by atoms with Gasteiger partial charge in [0.15, 0.2) is 0 Å². The van der Waals surface area contributed by atoms with Crippen molar-refractivity contribution in [3.63, 3.8) is 0 Å². The summed E-state index contributed by atoms with van der Waals surface area (Å²) in [4.78, 5) is 11.1. The summed E-state index contributed by atoms with van der Waals surface area (Å²) in [5.41, 5.74) is 0.794. The highest BCUT2D eigenvalue weighted by molar-refractivity contribution is 5.69. The van der Waals surface area contributed by atoms with Gasteiger partial charge < -0.3 is 4.74 Å². The molecule has 0 aliphatic heterocycles. The van der Waals surface area contributed by atoms with Gasteiger partial charge in [0, 0.05) is 13.5 Å². The third-order valence-corrected chi connectivity index (χ3v) is 2.96. The molecule has 0 unspecified atom stereocenters. The second-order valence-electron chi connectivity index (χ2n) is 4.32. The Balaban J connectivity index is 2.30. The molecule has 20 heavy (non-hydrogen) atoms. The van der Waals surface area contributed by atoms with Crippen LogP contribution < -0.4 is 0 Å². The number of hydrogen-bond acceptors (Lipinski definition) is 3. The summed E-state index contributed by atoms with van der Waals surface area (Å²) in [5, 5.41) is 4.15. The number of nitrogens with zero attached hydrogens (tertiary/aromatic N) is 2. The maximum atomic E-state index is 13.7. The van der Waals surface area contributed by atoms with Crippen LogP contribution in [0, 0.1) is 11.6 Å². The Morgan fingerprint density at radius 3 is 2.60 bits per heavy atom. The Morgan fingerprint density at radius 1 is 1.35 bits per heavy atom. The number of aryl methyl sites for hydroxylation is 2. The molecule has 0 aliphatic rings. The molecule has 4 nitrogen and oxygen atoms in total. The molecule has 0 spiro atoms. The van der Waals surface area contributed by atoms with Crippen LogP contribution in [0.3, 0.4) is 0 Å². The summed E-state index contributed by atoms with van der Waals surface area (Å²) in [6.07, 6.45) is 0.531. The van der Waals surface area contributed by atoms with Gasteiger partial charge in [-0.2, -0.15) is 5.10 Å². The lowest BCUT2D eigenvalue weighted by molar-refractivity contribution is -0.140. The number of rotatable bonds is 4. The third-order valence-electron chi connectivity index (χ3n) is 2.96. The van der Waals surface area contributed by atoms with Crippen LogP contribution >= 0.6 is 0 Å². The van der Waals surface area contributed by atoms with Gasteiger partial charge in [-0.05, 0) is 18.2 Å². The lowest BCUT2D eigenvalue weighted by Gasteiger charge is -2.04. The van der Waals surface area contributed by atoms with Crippen molar-refractivity contribution in [3.8, 4) is 11.3 Å². The predicted molar refractivity (Wildman–Crippen MR) is 68.9 cm³/mol. The summed E-state index contributed by atoms with van der Waals surface area (Å²) in [5.74, 6) is -1.64. The number of carbonyl (C=O) groups excluding carboxylic acids is 1. The van der Waals surface area contributed by atoms with Crippen molar-refractivity contribution in [3.05, 3.63) is 41.6 Å². The minimum Gasteiger partial charge on any atom is -0.469 e. The second kappa shape index (κ2) is 5.81. The zero-order chi connectivity index (χ0) is 14.7. The Kier molecular flexibility index (Phi) is 4.12. The van der Waals surface area contributed by atoms with E-state index in [2.05, 4.69) is 9.84 Å². The minimum absolute atomic E-state index is 0.119. The average molecular weight is 280 g/mol. The molecule has 1 heterocycles. The minimum atomic E-state index is -0.646. The van der Waals surface area contributed by atoms with Crippen molar-refractivity contribution in [2.75, 3.05) is 7.11 Å². The van der Waals surface area contributed by atoms with Crippen LogP contribution in [0.25, 0.3) is 11.3 Å². The molecule has 106 valence electrons. The van der Waals surface area contributed by atoms with Crippen molar-refractivity contribution >= 4 is 5.97 Å². The number of esters is 1. The van der Waals surface area contributed by atoms with E-state index in [1.165, 1.54) is 30.0 Å². The van der Waals surface area contributed by atoms with Gasteiger partial charge in [-0.1, -0.05) is 6.07 Å². The quantitative estimate of drug-likeness (QED) is 0.808. The number of ether oxygens (including phenoxy) is 1. The lowest BCUT2D eigenvalue weighted by Crippen LogP contribution is -2.02. The van der Waals surface area contributed by atoms with E-state index in [-0.39, 0.29) is 18.0 Å². The molecule has 2 rings (SSSR count). The number of aromatic nitrogens is 2. The molecule has 1 aromatic heterocycles. The summed E-state index contributed by atoms with van der Waals surface area (Å²) >= 11 is 0.